The molecule has 2 aliphatic rings. The van der Waals surface area contributed by atoms with Gasteiger partial charge in [-0.05, 0) is 67.3 Å². The van der Waals surface area contributed by atoms with E-state index >= 15 is 0 Å². The van der Waals surface area contributed by atoms with Gasteiger partial charge >= 0.3 is 11.9 Å². The molecule has 0 spiro atoms. The normalized spacial score (nSPS) is 17.0. The zero-order chi connectivity index (χ0) is 38.4. The van der Waals surface area contributed by atoms with Crippen molar-refractivity contribution in [3.63, 3.8) is 0 Å². The minimum atomic E-state index is -4.12. The molecule has 0 aliphatic carbocycles. The van der Waals surface area contributed by atoms with E-state index in [4.69, 9.17) is 19.2 Å². The number of aliphatic imine (C=N–C) groups is 1. The van der Waals surface area contributed by atoms with Crippen LogP contribution in [0.1, 0.15) is 55.0 Å². The summed E-state index contributed by atoms with van der Waals surface area (Å²) in [7, 11) is -2.58. The molecule has 0 radical (unpaired) electrons. The summed E-state index contributed by atoms with van der Waals surface area (Å²) in [6.07, 6.45) is -0.0296. The highest BCUT2D eigenvalue weighted by molar-refractivity contribution is 7.90. The Kier molecular flexibility index (Phi) is 9.61. The molecule has 7 rings (SSSR count). The lowest BCUT2D eigenvalue weighted by Crippen LogP contribution is -2.49. The van der Waals surface area contributed by atoms with Crippen molar-refractivity contribution in [3.8, 4) is 17.1 Å². The monoisotopic (exact) mass is 748 g/mol. The molecule has 0 fully saturated rings. The first-order chi connectivity index (χ1) is 25.8. The number of aryl methyl sites for hydroxylation is 1. The molecule has 12 nitrogen and oxygen atoms in total. The summed E-state index contributed by atoms with van der Waals surface area (Å²) in [5.41, 5.74) is 2.41. The Balaban J connectivity index is 1.28. The SMILES string of the molecule is CC[C@@]1(OC(=O)C(N=C(Cc2ccc(OC)cc2)NS(=O)(=O)c2ccc(C)cc2)C(C)C)C(=O)OCc2c1cc1n(c2=O)Cc2cc3ccccc3nc2-1. The number of amidine groups is 1. The molecule has 0 bridgehead atoms. The van der Waals surface area contributed by atoms with Crippen LogP contribution in [0.25, 0.3) is 22.3 Å². The van der Waals surface area contributed by atoms with E-state index in [9.17, 15) is 22.8 Å². The first-order valence-corrected chi connectivity index (χ1v) is 19.2. The van der Waals surface area contributed by atoms with Crippen LogP contribution in [-0.2, 0) is 54.3 Å². The highest BCUT2D eigenvalue weighted by Gasteiger charge is 2.51. The molecule has 2 aromatic heterocycles. The van der Waals surface area contributed by atoms with Crippen molar-refractivity contribution >= 4 is 38.7 Å². The molecule has 54 heavy (non-hydrogen) atoms. The third kappa shape index (κ3) is 6.64. The van der Waals surface area contributed by atoms with Crippen LogP contribution in [0.3, 0.4) is 0 Å². The summed E-state index contributed by atoms with van der Waals surface area (Å²) in [6.45, 7) is 7.02. The molecule has 1 N–H and O–H groups in total. The number of fused-ring (bicyclic) bond motifs is 5. The van der Waals surface area contributed by atoms with E-state index in [1.165, 1.54) is 12.1 Å². The minimum absolute atomic E-state index is 0.0133. The van der Waals surface area contributed by atoms with Crippen LogP contribution in [0.5, 0.6) is 5.75 Å². The second kappa shape index (κ2) is 14.2. The van der Waals surface area contributed by atoms with Crippen molar-refractivity contribution in [3.05, 3.63) is 123 Å². The standard InChI is InChI=1S/C41H40N4O8S/c1-6-41(32-21-34-37-28(20-27-9-7-8-10-33(27)42-37)22-45(34)38(46)31(32)23-52-40(41)48)53-39(47)36(24(2)3)43-35(19-26-13-15-29(51-5)16-14-26)44-54(49,50)30-17-11-25(4)12-18-30/h7-18,20-21,24,36H,6,19,22-23H2,1-5H3,(H,43,44)/t36?,41-/m0/s1. The third-order valence-electron chi connectivity index (χ3n) is 9.94. The molecule has 278 valence electrons. The van der Waals surface area contributed by atoms with Crippen molar-refractivity contribution in [1.29, 1.82) is 0 Å². The van der Waals surface area contributed by atoms with E-state index in [0.29, 0.717) is 29.2 Å². The highest BCUT2D eigenvalue weighted by atomic mass is 32.2. The van der Waals surface area contributed by atoms with Crippen molar-refractivity contribution in [2.75, 3.05) is 7.11 Å². The van der Waals surface area contributed by atoms with Crippen LogP contribution >= 0.6 is 0 Å². The number of esters is 2. The predicted molar refractivity (Wildman–Crippen MR) is 203 cm³/mol. The Morgan fingerprint density at radius 2 is 1.76 bits per heavy atom. The Hall–Kier alpha value is -5.82. The number of pyridine rings is 2. The van der Waals surface area contributed by atoms with E-state index in [1.807, 2.05) is 37.3 Å². The first kappa shape index (κ1) is 36.5. The number of nitrogens with one attached hydrogen (secondary N) is 1. The van der Waals surface area contributed by atoms with Crippen LogP contribution in [0.4, 0.5) is 0 Å². The lowest BCUT2D eigenvalue weighted by Gasteiger charge is -2.36. The molecular formula is C41H40N4O8S. The van der Waals surface area contributed by atoms with Crippen molar-refractivity contribution < 1.29 is 32.2 Å². The number of ether oxygens (including phenoxy) is 3. The van der Waals surface area contributed by atoms with Crippen molar-refractivity contribution in [1.82, 2.24) is 14.3 Å². The number of benzene rings is 3. The van der Waals surface area contributed by atoms with Gasteiger partial charge in [0.2, 0.25) is 5.60 Å². The molecule has 0 amide bonds. The summed E-state index contributed by atoms with van der Waals surface area (Å²) in [6, 6.07) is 23.5. The van der Waals surface area contributed by atoms with Crippen LogP contribution in [0.15, 0.2) is 99.6 Å². The van der Waals surface area contributed by atoms with Gasteiger partial charge in [0.1, 0.15) is 18.2 Å². The number of rotatable bonds is 10. The Labute approximate surface area is 312 Å². The summed E-state index contributed by atoms with van der Waals surface area (Å²) in [4.78, 5) is 51.7. The lowest BCUT2D eigenvalue weighted by molar-refractivity contribution is -0.190. The average Bonchev–Trinajstić information content (AvgIpc) is 3.51. The van der Waals surface area contributed by atoms with Crippen LogP contribution in [0.2, 0.25) is 0 Å². The number of hydrogen-bond acceptors (Lipinski definition) is 10. The second-order valence-electron chi connectivity index (χ2n) is 13.9. The van der Waals surface area contributed by atoms with Gasteiger partial charge in [0, 0.05) is 22.9 Å². The maximum atomic E-state index is 14.4. The number of sulfonamides is 1. The zero-order valence-corrected chi connectivity index (χ0v) is 31.4. The van der Waals surface area contributed by atoms with Gasteiger partial charge in [-0.3, -0.25) is 14.5 Å². The highest BCUT2D eigenvalue weighted by Crippen LogP contribution is 2.41. The number of cyclic esters (lactones) is 1. The predicted octanol–water partition coefficient (Wildman–Crippen LogP) is 5.59. The fraction of sp³-hybridized carbons (Fsp3) is 0.293. The van der Waals surface area contributed by atoms with Gasteiger partial charge in [0.05, 0.1) is 41.0 Å². The molecular weight excluding hydrogens is 709 g/mol. The van der Waals surface area contributed by atoms with Gasteiger partial charge in [-0.1, -0.05) is 68.8 Å². The van der Waals surface area contributed by atoms with Gasteiger partial charge < -0.3 is 18.8 Å². The van der Waals surface area contributed by atoms with E-state index in [-0.39, 0.29) is 46.9 Å². The summed E-state index contributed by atoms with van der Waals surface area (Å²) >= 11 is 0. The molecule has 1 unspecified atom stereocenters. The smallest absolute Gasteiger partial charge is 0.355 e. The van der Waals surface area contributed by atoms with E-state index in [2.05, 4.69) is 9.71 Å². The van der Waals surface area contributed by atoms with Crippen molar-refractivity contribution in [2.24, 2.45) is 10.9 Å². The minimum Gasteiger partial charge on any atom is -0.497 e. The molecule has 5 aromatic rings. The lowest BCUT2D eigenvalue weighted by atomic mass is 9.85. The van der Waals surface area contributed by atoms with E-state index in [0.717, 1.165) is 22.0 Å². The average molecular weight is 749 g/mol. The molecule has 0 saturated heterocycles. The van der Waals surface area contributed by atoms with Crippen LogP contribution in [0, 0.1) is 12.8 Å². The number of nitrogens with zero attached hydrogens (tertiary/aromatic N) is 3. The van der Waals surface area contributed by atoms with Crippen LogP contribution in [-0.4, -0.2) is 48.9 Å². The number of aromatic nitrogens is 2. The van der Waals surface area contributed by atoms with Gasteiger partial charge in [-0.2, -0.15) is 0 Å². The number of para-hydroxylation sites is 1. The molecule has 3 aromatic carbocycles. The molecule has 2 atom stereocenters. The quantitative estimate of drug-likeness (QED) is 0.107. The zero-order valence-electron chi connectivity index (χ0n) is 30.6. The molecule has 13 heteroatoms. The summed E-state index contributed by atoms with van der Waals surface area (Å²) < 4.78 is 48.5. The van der Waals surface area contributed by atoms with Gasteiger partial charge in [-0.15, -0.1) is 0 Å². The Morgan fingerprint density at radius 3 is 2.44 bits per heavy atom. The van der Waals surface area contributed by atoms with Crippen LogP contribution < -0.4 is 15.0 Å². The number of carbonyl (C=O) groups is 2. The molecule has 4 heterocycles. The number of carbonyl (C=O) groups excluding carboxylic acids is 2. The summed E-state index contributed by atoms with van der Waals surface area (Å²) in [5.74, 6) is -1.60. The number of methoxy groups -OCH3 is 1. The summed E-state index contributed by atoms with van der Waals surface area (Å²) in [5, 5.41) is 0.935. The molecule has 2 aliphatic heterocycles. The fourth-order valence-corrected chi connectivity index (χ4v) is 7.98. The second-order valence-corrected chi connectivity index (χ2v) is 15.6. The number of hydrogen-bond donors (Lipinski definition) is 1. The Bertz CT molecular complexity index is 2490. The van der Waals surface area contributed by atoms with E-state index < -0.39 is 39.5 Å². The topological polar surface area (TPSA) is 155 Å². The van der Waals surface area contributed by atoms with E-state index in [1.54, 1.807) is 74.9 Å². The maximum Gasteiger partial charge on any atom is 0.355 e. The maximum absolute atomic E-state index is 14.4. The third-order valence-corrected chi connectivity index (χ3v) is 11.3. The van der Waals surface area contributed by atoms with Gasteiger partial charge in [-0.25, -0.2) is 23.0 Å². The van der Waals surface area contributed by atoms with Crippen molar-refractivity contribution in [2.45, 2.75) is 70.2 Å². The Morgan fingerprint density at radius 1 is 1.04 bits per heavy atom. The van der Waals surface area contributed by atoms with Gasteiger partial charge in [0.15, 0.2) is 6.04 Å². The van der Waals surface area contributed by atoms with Gasteiger partial charge in [0.25, 0.3) is 15.6 Å². The fourth-order valence-electron chi connectivity index (χ4n) is 6.93. The largest absolute Gasteiger partial charge is 0.497 e. The molecule has 0 saturated carbocycles. The first-order valence-electron chi connectivity index (χ1n) is 17.7.